The molecule has 3 unspecified atom stereocenters. The molecule has 1 N–H and O–H groups in total. The van der Waals surface area contributed by atoms with E-state index in [4.69, 9.17) is 0 Å². The van der Waals surface area contributed by atoms with Crippen LogP contribution in [0.25, 0.3) is 0 Å². The van der Waals surface area contributed by atoms with E-state index in [1.54, 1.807) is 11.3 Å². The third-order valence-electron chi connectivity index (χ3n) is 3.82. The lowest BCUT2D eigenvalue weighted by atomic mass is 9.99. The summed E-state index contributed by atoms with van der Waals surface area (Å²) in [6.45, 7) is 8.03. The van der Waals surface area contributed by atoms with Crippen molar-refractivity contribution in [3.63, 3.8) is 0 Å². The van der Waals surface area contributed by atoms with Crippen molar-refractivity contribution < 1.29 is 9.90 Å². The van der Waals surface area contributed by atoms with Crippen molar-refractivity contribution in [3.8, 4) is 0 Å². The van der Waals surface area contributed by atoms with Gasteiger partial charge in [0.2, 0.25) is 0 Å². The number of carboxylic acids is 1. The molecule has 0 radical (unpaired) electrons. The van der Waals surface area contributed by atoms with Crippen molar-refractivity contribution in [1.82, 2.24) is 4.90 Å². The second-order valence-electron chi connectivity index (χ2n) is 5.58. The van der Waals surface area contributed by atoms with Gasteiger partial charge in [-0.1, -0.05) is 26.8 Å². The summed E-state index contributed by atoms with van der Waals surface area (Å²) < 4.78 is 0. The van der Waals surface area contributed by atoms with Crippen LogP contribution in [0.15, 0.2) is 17.5 Å². The van der Waals surface area contributed by atoms with Gasteiger partial charge in [0.05, 0.1) is 5.92 Å². The molecule has 100 valence electrons. The van der Waals surface area contributed by atoms with Gasteiger partial charge in [0.15, 0.2) is 0 Å². The summed E-state index contributed by atoms with van der Waals surface area (Å²) in [6.07, 6.45) is 0. The lowest BCUT2D eigenvalue weighted by Gasteiger charge is -2.30. The lowest BCUT2D eigenvalue weighted by Crippen LogP contribution is -2.30. The highest BCUT2D eigenvalue weighted by atomic mass is 32.1. The maximum atomic E-state index is 11.2. The maximum absolute atomic E-state index is 11.2. The Hall–Kier alpha value is -0.870. The average Bonchev–Trinajstić information content (AvgIpc) is 2.88. The number of carbonyl (C=O) groups is 1. The highest BCUT2D eigenvalue weighted by Gasteiger charge is 2.39. The van der Waals surface area contributed by atoms with Gasteiger partial charge in [0.25, 0.3) is 0 Å². The fraction of sp³-hybridized carbons (Fsp3) is 0.643. The largest absolute Gasteiger partial charge is 0.481 e. The number of carboxylic acid groups (broad SMARTS) is 1. The molecule has 2 rings (SSSR count). The second kappa shape index (κ2) is 5.41. The minimum absolute atomic E-state index is 0.216. The number of likely N-dealkylation sites (tertiary alicyclic amines) is 1. The monoisotopic (exact) mass is 267 g/mol. The van der Waals surface area contributed by atoms with Crippen molar-refractivity contribution in [3.05, 3.63) is 22.4 Å². The van der Waals surface area contributed by atoms with Gasteiger partial charge in [-0.05, 0) is 23.3 Å². The molecule has 1 aromatic rings. The SMILES string of the molecule is CC(C)C(c1cccs1)N1CC(C)C(C(=O)O)C1. The molecule has 4 heteroatoms. The molecule has 0 aliphatic carbocycles. The number of hydrogen-bond donors (Lipinski definition) is 1. The molecule has 0 bridgehead atoms. The Morgan fingerprint density at radius 2 is 2.22 bits per heavy atom. The summed E-state index contributed by atoms with van der Waals surface area (Å²) in [5, 5.41) is 11.3. The van der Waals surface area contributed by atoms with E-state index in [1.807, 2.05) is 6.92 Å². The lowest BCUT2D eigenvalue weighted by molar-refractivity contribution is -0.142. The van der Waals surface area contributed by atoms with Crippen LogP contribution in [0.1, 0.15) is 31.7 Å². The molecule has 0 spiro atoms. The van der Waals surface area contributed by atoms with Crippen LogP contribution in [0.2, 0.25) is 0 Å². The fourth-order valence-electron chi connectivity index (χ4n) is 2.94. The predicted octanol–water partition coefficient (Wildman–Crippen LogP) is 3.10. The van der Waals surface area contributed by atoms with E-state index in [0.29, 0.717) is 18.5 Å². The van der Waals surface area contributed by atoms with E-state index in [9.17, 15) is 9.90 Å². The second-order valence-corrected chi connectivity index (χ2v) is 6.56. The van der Waals surface area contributed by atoms with Gasteiger partial charge in [-0.25, -0.2) is 0 Å². The average molecular weight is 267 g/mol. The Morgan fingerprint density at radius 3 is 2.67 bits per heavy atom. The molecule has 0 saturated carbocycles. The first kappa shape index (κ1) is 13.6. The van der Waals surface area contributed by atoms with Crippen LogP contribution >= 0.6 is 11.3 Å². The molecule has 0 aromatic carbocycles. The first-order chi connectivity index (χ1) is 8.50. The molecule has 1 aliphatic heterocycles. The van der Waals surface area contributed by atoms with Crippen LogP contribution in [-0.2, 0) is 4.79 Å². The van der Waals surface area contributed by atoms with E-state index in [2.05, 4.69) is 36.3 Å². The Bertz CT molecular complexity index is 402. The zero-order valence-electron chi connectivity index (χ0n) is 11.2. The smallest absolute Gasteiger partial charge is 0.308 e. The van der Waals surface area contributed by atoms with Crippen molar-refractivity contribution in [2.45, 2.75) is 26.8 Å². The minimum Gasteiger partial charge on any atom is -0.481 e. The third-order valence-corrected chi connectivity index (χ3v) is 4.76. The summed E-state index contributed by atoms with van der Waals surface area (Å²) in [6, 6.07) is 4.59. The van der Waals surface area contributed by atoms with Gasteiger partial charge >= 0.3 is 5.97 Å². The molecule has 1 saturated heterocycles. The van der Waals surface area contributed by atoms with Crippen molar-refractivity contribution >= 4 is 17.3 Å². The van der Waals surface area contributed by atoms with E-state index in [1.165, 1.54) is 4.88 Å². The summed E-state index contributed by atoms with van der Waals surface area (Å²) >= 11 is 1.77. The van der Waals surface area contributed by atoms with Crippen LogP contribution in [0, 0.1) is 17.8 Å². The predicted molar refractivity (Wildman–Crippen MR) is 73.8 cm³/mol. The van der Waals surface area contributed by atoms with Gasteiger partial charge in [-0.3, -0.25) is 9.69 Å². The molecule has 1 aliphatic rings. The number of rotatable bonds is 4. The van der Waals surface area contributed by atoms with E-state index in [-0.39, 0.29) is 11.8 Å². The number of hydrogen-bond acceptors (Lipinski definition) is 3. The minimum atomic E-state index is -0.654. The van der Waals surface area contributed by atoms with Crippen molar-refractivity contribution in [1.29, 1.82) is 0 Å². The quantitative estimate of drug-likeness (QED) is 0.911. The summed E-state index contributed by atoms with van der Waals surface area (Å²) in [4.78, 5) is 14.9. The molecule has 3 nitrogen and oxygen atoms in total. The van der Waals surface area contributed by atoms with E-state index < -0.39 is 5.97 Å². The van der Waals surface area contributed by atoms with Crippen LogP contribution in [-0.4, -0.2) is 29.1 Å². The Kier molecular flexibility index (Phi) is 4.07. The molecule has 0 amide bonds. The summed E-state index contributed by atoms with van der Waals surface area (Å²) in [5.41, 5.74) is 0. The molecule has 18 heavy (non-hydrogen) atoms. The van der Waals surface area contributed by atoms with Crippen LogP contribution in [0.4, 0.5) is 0 Å². The normalized spacial score (nSPS) is 26.7. The molecule has 1 aromatic heterocycles. The fourth-order valence-corrected chi connectivity index (χ4v) is 3.97. The summed E-state index contributed by atoms with van der Waals surface area (Å²) in [5.74, 6) is -0.128. The molecule has 1 fully saturated rings. The van der Waals surface area contributed by atoms with Crippen LogP contribution < -0.4 is 0 Å². The van der Waals surface area contributed by atoms with Gasteiger partial charge < -0.3 is 5.11 Å². The Balaban J connectivity index is 2.17. The standard InChI is InChI=1S/C14H21NO2S/c1-9(2)13(12-5-4-6-18-12)15-7-10(3)11(8-15)14(16)17/h4-6,9-11,13H,7-8H2,1-3H3,(H,16,17). The van der Waals surface area contributed by atoms with E-state index in [0.717, 1.165) is 6.54 Å². The zero-order valence-corrected chi connectivity index (χ0v) is 12.0. The van der Waals surface area contributed by atoms with Crippen LogP contribution in [0.3, 0.4) is 0 Å². The van der Waals surface area contributed by atoms with Crippen molar-refractivity contribution in [2.24, 2.45) is 17.8 Å². The first-order valence-electron chi connectivity index (χ1n) is 6.51. The van der Waals surface area contributed by atoms with Crippen LogP contribution in [0.5, 0.6) is 0 Å². The molecular weight excluding hydrogens is 246 g/mol. The Labute approximate surface area is 112 Å². The number of aliphatic carboxylic acids is 1. The maximum Gasteiger partial charge on any atom is 0.308 e. The zero-order chi connectivity index (χ0) is 13.3. The highest BCUT2D eigenvalue weighted by molar-refractivity contribution is 7.10. The van der Waals surface area contributed by atoms with E-state index >= 15 is 0 Å². The van der Waals surface area contributed by atoms with Crippen molar-refractivity contribution in [2.75, 3.05) is 13.1 Å². The van der Waals surface area contributed by atoms with Gasteiger partial charge in [-0.2, -0.15) is 0 Å². The van der Waals surface area contributed by atoms with Gasteiger partial charge in [0, 0.05) is 24.0 Å². The van der Waals surface area contributed by atoms with Gasteiger partial charge in [0.1, 0.15) is 0 Å². The highest BCUT2D eigenvalue weighted by Crippen LogP contribution is 2.37. The molecule has 3 atom stereocenters. The Morgan fingerprint density at radius 1 is 1.50 bits per heavy atom. The topological polar surface area (TPSA) is 40.5 Å². The first-order valence-corrected chi connectivity index (χ1v) is 7.39. The number of nitrogens with zero attached hydrogens (tertiary/aromatic N) is 1. The third kappa shape index (κ3) is 2.59. The van der Waals surface area contributed by atoms with Gasteiger partial charge in [-0.15, -0.1) is 11.3 Å². The number of thiophene rings is 1. The molecule has 2 heterocycles. The molecular formula is C14H21NO2S. The summed E-state index contributed by atoms with van der Waals surface area (Å²) in [7, 11) is 0.